The van der Waals surface area contributed by atoms with E-state index in [1.165, 1.54) is 17.7 Å². The molecule has 1 fully saturated rings. The van der Waals surface area contributed by atoms with Crippen LogP contribution in [-0.4, -0.2) is 17.0 Å². The molecule has 0 bridgehead atoms. The highest BCUT2D eigenvalue weighted by Gasteiger charge is 2.30. The lowest BCUT2D eigenvalue weighted by Gasteiger charge is -2.30. The average molecular weight is 376 g/mol. The Labute approximate surface area is 156 Å². The molecule has 1 aromatic heterocycles. The predicted molar refractivity (Wildman–Crippen MR) is 99.9 cm³/mol. The summed E-state index contributed by atoms with van der Waals surface area (Å²) in [4.78, 5) is 4.24. The fourth-order valence-electron chi connectivity index (χ4n) is 3.52. The molecule has 0 atom stereocenters. The van der Waals surface area contributed by atoms with Crippen LogP contribution in [0.1, 0.15) is 48.4 Å². The van der Waals surface area contributed by atoms with Crippen LogP contribution < -0.4 is 10.6 Å². The first-order valence-corrected chi connectivity index (χ1v) is 9.03. The van der Waals surface area contributed by atoms with Crippen LogP contribution >= 0.6 is 0 Å². The summed E-state index contributed by atoms with van der Waals surface area (Å²) in [5, 5.41) is 14.0. The van der Waals surface area contributed by atoms with Gasteiger partial charge in [0.25, 0.3) is 0 Å². The van der Waals surface area contributed by atoms with Crippen LogP contribution in [0.25, 0.3) is 0 Å². The summed E-state index contributed by atoms with van der Waals surface area (Å²) in [6.45, 7) is 1.99. The van der Waals surface area contributed by atoms with Gasteiger partial charge in [0.05, 0.1) is 5.56 Å². The Morgan fingerprint density at radius 1 is 1.07 bits per heavy atom. The molecule has 0 saturated heterocycles. The van der Waals surface area contributed by atoms with Crippen molar-refractivity contribution in [1.29, 1.82) is 5.41 Å². The van der Waals surface area contributed by atoms with Crippen molar-refractivity contribution in [3.8, 4) is 0 Å². The van der Waals surface area contributed by atoms with E-state index in [4.69, 9.17) is 5.41 Å². The average Bonchev–Trinajstić information content (AvgIpc) is 2.62. The first-order chi connectivity index (χ1) is 12.8. The van der Waals surface area contributed by atoms with Crippen molar-refractivity contribution in [2.45, 2.75) is 50.7 Å². The molecule has 1 heterocycles. The zero-order chi connectivity index (χ0) is 19.4. The molecule has 4 nitrogen and oxygen atoms in total. The Balaban J connectivity index is 1.48. The SMILES string of the molecule is Cc1cc(C2CCC(NC(=N)Nc3ccc(C(F)(F)F)cc3)CC2)ccn1. The monoisotopic (exact) mass is 376 g/mol. The number of halogens is 3. The second-order valence-corrected chi connectivity index (χ2v) is 7.00. The number of hydrogen-bond acceptors (Lipinski definition) is 2. The van der Waals surface area contributed by atoms with Crippen LogP contribution in [0, 0.1) is 12.3 Å². The number of nitrogens with one attached hydrogen (secondary N) is 3. The molecule has 0 spiro atoms. The second kappa shape index (κ2) is 7.98. The standard InChI is InChI=1S/C20H23F3N4/c1-13-12-15(10-11-25-13)14-2-6-17(7-3-14)26-19(24)27-18-8-4-16(5-9-18)20(21,22)23/h4-5,8-12,14,17H,2-3,6-7H2,1H3,(H3,24,26,27). The van der Waals surface area contributed by atoms with Gasteiger partial charge in [0, 0.05) is 23.6 Å². The maximum Gasteiger partial charge on any atom is 0.416 e. The normalized spacial score (nSPS) is 20.1. The van der Waals surface area contributed by atoms with E-state index in [1.54, 1.807) is 0 Å². The van der Waals surface area contributed by atoms with Gasteiger partial charge in [0.1, 0.15) is 0 Å². The Morgan fingerprint density at radius 3 is 2.33 bits per heavy atom. The van der Waals surface area contributed by atoms with Gasteiger partial charge in [0.15, 0.2) is 5.96 Å². The number of aryl methyl sites for hydroxylation is 1. The molecule has 0 unspecified atom stereocenters. The number of pyridine rings is 1. The molecule has 1 aliphatic rings. The van der Waals surface area contributed by atoms with E-state index in [2.05, 4.69) is 27.8 Å². The van der Waals surface area contributed by atoms with Gasteiger partial charge in [-0.2, -0.15) is 13.2 Å². The number of rotatable bonds is 3. The Morgan fingerprint density at radius 2 is 1.74 bits per heavy atom. The molecule has 1 aromatic carbocycles. The lowest BCUT2D eigenvalue weighted by Crippen LogP contribution is -2.40. The van der Waals surface area contributed by atoms with Gasteiger partial charge < -0.3 is 10.6 Å². The molecule has 3 rings (SSSR count). The van der Waals surface area contributed by atoms with Crippen LogP contribution in [0.4, 0.5) is 18.9 Å². The summed E-state index contributed by atoms with van der Waals surface area (Å²) < 4.78 is 37.8. The van der Waals surface area contributed by atoms with Gasteiger partial charge in [-0.05, 0) is 80.5 Å². The van der Waals surface area contributed by atoms with E-state index in [0.717, 1.165) is 43.5 Å². The van der Waals surface area contributed by atoms with E-state index in [-0.39, 0.29) is 12.0 Å². The van der Waals surface area contributed by atoms with Crippen molar-refractivity contribution in [3.63, 3.8) is 0 Å². The molecule has 0 aliphatic heterocycles. The Kier molecular flexibility index (Phi) is 5.68. The summed E-state index contributed by atoms with van der Waals surface area (Å²) in [5.41, 5.74) is 2.10. The molecular weight excluding hydrogens is 353 g/mol. The van der Waals surface area contributed by atoms with Crippen LogP contribution in [-0.2, 0) is 6.18 Å². The van der Waals surface area contributed by atoms with E-state index in [1.807, 2.05) is 13.1 Å². The van der Waals surface area contributed by atoms with Gasteiger partial charge >= 0.3 is 6.18 Å². The summed E-state index contributed by atoms with van der Waals surface area (Å²) in [5.74, 6) is 0.625. The second-order valence-electron chi connectivity index (χ2n) is 7.00. The quantitative estimate of drug-likeness (QED) is 0.518. The third-order valence-electron chi connectivity index (χ3n) is 4.95. The molecule has 1 aliphatic carbocycles. The first kappa shape index (κ1) is 19.2. The van der Waals surface area contributed by atoms with E-state index >= 15 is 0 Å². The van der Waals surface area contributed by atoms with Crippen LogP contribution in [0.3, 0.4) is 0 Å². The van der Waals surface area contributed by atoms with E-state index in [0.29, 0.717) is 11.6 Å². The highest BCUT2D eigenvalue weighted by molar-refractivity contribution is 5.91. The third-order valence-corrected chi connectivity index (χ3v) is 4.95. The minimum Gasteiger partial charge on any atom is -0.354 e. The maximum atomic E-state index is 12.6. The van der Waals surface area contributed by atoms with E-state index in [9.17, 15) is 13.2 Å². The third kappa shape index (κ3) is 5.21. The highest BCUT2D eigenvalue weighted by atomic mass is 19.4. The number of guanidine groups is 1. The zero-order valence-electron chi connectivity index (χ0n) is 15.1. The number of benzene rings is 1. The lowest BCUT2D eigenvalue weighted by atomic mass is 9.82. The molecule has 27 heavy (non-hydrogen) atoms. The number of aromatic nitrogens is 1. The summed E-state index contributed by atoms with van der Waals surface area (Å²) in [6.07, 6.45) is 1.46. The molecule has 3 N–H and O–H groups in total. The van der Waals surface area contributed by atoms with Gasteiger partial charge in [-0.1, -0.05) is 0 Å². The minimum absolute atomic E-state index is 0.109. The summed E-state index contributed by atoms with van der Waals surface area (Å²) in [7, 11) is 0. The first-order valence-electron chi connectivity index (χ1n) is 9.03. The zero-order valence-corrected chi connectivity index (χ0v) is 15.1. The van der Waals surface area contributed by atoms with Gasteiger partial charge in [-0.15, -0.1) is 0 Å². The van der Waals surface area contributed by atoms with Crippen LogP contribution in [0.15, 0.2) is 42.6 Å². The van der Waals surface area contributed by atoms with Gasteiger partial charge in [-0.25, -0.2) is 0 Å². The molecule has 2 aromatic rings. The largest absolute Gasteiger partial charge is 0.416 e. The molecule has 0 radical (unpaired) electrons. The smallest absolute Gasteiger partial charge is 0.354 e. The minimum atomic E-state index is -4.35. The van der Waals surface area contributed by atoms with Crippen molar-refractivity contribution >= 4 is 11.6 Å². The molecule has 1 saturated carbocycles. The van der Waals surface area contributed by atoms with Gasteiger partial charge in [-0.3, -0.25) is 10.4 Å². The maximum absolute atomic E-state index is 12.6. The van der Waals surface area contributed by atoms with Gasteiger partial charge in [0.2, 0.25) is 0 Å². The lowest BCUT2D eigenvalue weighted by molar-refractivity contribution is -0.137. The summed E-state index contributed by atoms with van der Waals surface area (Å²) >= 11 is 0. The van der Waals surface area contributed by atoms with E-state index < -0.39 is 11.7 Å². The Hall–Kier alpha value is -2.57. The van der Waals surface area contributed by atoms with Crippen molar-refractivity contribution in [3.05, 3.63) is 59.4 Å². The highest BCUT2D eigenvalue weighted by Crippen LogP contribution is 2.33. The predicted octanol–water partition coefficient (Wildman–Crippen LogP) is 5.07. The fourth-order valence-corrected chi connectivity index (χ4v) is 3.52. The number of nitrogens with zero attached hydrogens (tertiary/aromatic N) is 1. The van der Waals surface area contributed by atoms with Crippen molar-refractivity contribution in [2.75, 3.05) is 5.32 Å². The van der Waals surface area contributed by atoms with Crippen LogP contribution in [0.2, 0.25) is 0 Å². The number of alkyl halides is 3. The number of anilines is 1. The topological polar surface area (TPSA) is 60.8 Å². The fraction of sp³-hybridized carbons (Fsp3) is 0.400. The molecule has 144 valence electrons. The Bertz CT molecular complexity index is 779. The van der Waals surface area contributed by atoms with Crippen molar-refractivity contribution in [1.82, 2.24) is 10.3 Å². The van der Waals surface area contributed by atoms with Crippen LogP contribution in [0.5, 0.6) is 0 Å². The molecule has 7 heteroatoms. The number of hydrogen-bond donors (Lipinski definition) is 3. The molecule has 0 amide bonds. The van der Waals surface area contributed by atoms with Crippen molar-refractivity contribution < 1.29 is 13.2 Å². The molecular formula is C20H23F3N4. The summed E-state index contributed by atoms with van der Waals surface area (Å²) in [6, 6.07) is 9.09. The van der Waals surface area contributed by atoms with Crippen molar-refractivity contribution in [2.24, 2.45) is 0 Å².